The van der Waals surface area contributed by atoms with Gasteiger partial charge in [-0.2, -0.15) is 0 Å². The number of sulfonamides is 1. The Hall–Kier alpha value is -2.09. The van der Waals surface area contributed by atoms with Gasteiger partial charge in [-0.1, -0.05) is 36.2 Å². The van der Waals surface area contributed by atoms with Crippen molar-refractivity contribution in [1.29, 1.82) is 0 Å². The van der Waals surface area contributed by atoms with Crippen molar-refractivity contribution in [3.63, 3.8) is 0 Å². The van der Waals surface area contributed by atoms with E-state index in [1.807, 2.05) is 19.1 Å². The van der Waals surface area contributed by atoms with Gasteiger partial charge < -0.3 is 10.2 Å². The standard InChI is InChI=1S/C22H28ClN3O3S/c1-17-8-3-4-9-20(17)25-30(28,29)21-16-18(10-11-19(21)23)22(27)24-12-7-15-26-13-5-2-6-14-26/h3-4,8-11,16,25H,2,5-7,12-15H2,1H3,(H,24,27). The second-order valence-corrected chi connectivity index (χ2v) is 9.64. The van der Waals surface area contributed by atoms with Gasteiger partial charge in [0.2, 0.25) is 0 Å². The van der Waals surface area contributed by atoms with Crippen LogP contribution in [0.5, 0.6) is 0 Å². The summed E-state index contributed by atoms with van der Waals surface area (Å²) >= 11 is 6.15. The SMILES string of the molecule is Cc1ccccc1NS(=O)(=O)c1cc(C(=O)NCCCN2CCCCC2)ccc1Cl. The number of anilines is 1. The lowest BCUT2D eigenvalue weighted by atomic mass is 10.1. The smallest absolute Gasteiger partial charge is 0.263 e. The summed E-state index contributed by atoms with van der Waals surface area (Å²) in [6.07, 6.45) is 4.64. The Balaban J connectivity index is 1.63. The predicted molar refractivity (Wildman–Crippen MR) is 121 cm³/mol. The van der Waals surface area contributed by atoms with Crippen LogP contribution < -0.4 is 10.0 Å². The number of aryl methyl sites for hydroxylation is 1. The maximum absolute atomic E-state index is 12.9. The van der Waals surface area contributed by atoms with Gasteiger partial charge in [0.15, 0.2) is 0 Å². The molecule has 0 unspecified atom stereocenters. The molecule has 1 amide bonds. The zero-order valence-corrected chi connectivity index (χ0v) is 18.7. The second-order valence-electron chi connectivity index (χ2n) is 7.58. The van der Waals surface area contributed by atoms with Crippen molar-refractivity contribution >= 4 is 33.2 Å². The number of hydrogen-bond donors (Lipinski definition) is 2. The zero-order chi connectivity index (χ0) is 21.6. The van der Waals surface area contributed by atoms with Crippen LogP contribution in [0.3, 0.4) is 0 Å². The van der Waals surface area contributed by atoms with Crippen LogP contribution in [-0.2, 0) is 10.0 Å². The molecule has 8 heteroatoms. The summed E-state index contributed by atoms with van der Waals surface area (Å²) in [6, 6.07) is 11.4. The molecule has 0 bridgehead atoms. The maximum atomic E-state index is 12.9. The molecule has 0 saturated carbocycles. The largest absolute Gasteiger partial charge is 0.352 e. The van der Waals surface area contributed by atoms with Gasteiger partial charge in [0.05, 0.1) is 10.7 Å². The first-order chi connectivity index (χ1) is 14.4. The summed E-state index contributed by atoms with van der Waals surface area (Å²) in [4.78, 5) is 14.8. The molecule has 162 valence electrons. The Morgan fingerprint density at radius 2 is 1.83 bits per heavy atom. The quantitative estimate of drug-likeness (QED) is 0.596. The van der Waals surface area contributed by atoms with Gasteiger partial charge in [-0.15, -0.1) is 0 Å². The first kappa shape index (κ1) is 22.6. The molecule has 2 aromatic rings. The van der Waals surface area contributed by atoms with Crippen LogP contribution >= 0.6 is 11.6 Å². The first-order valence-corrected chi connectivity index (χ1v) is 12.1. The lowest BCUT2D eigenvalue weighted by Gasteiger charge is -2.26. The number of carbonyl (C=O) groups is 1. The van der Waals surface area contributed by atoms with E-state index in [0.717, 1.165) is 31.6 Å². The van der Waals surface area contributed by atoms with Crippen molar-refractivity contribution in [1.82, 2.24) is 10.2 Å². The Kier molecular flexibility index (Phi) is 7.75. The Bertz CT molecular complexity index is 989. The number of benzene rings is 2. The van der Waals surface area contributed by atoms with Crippen LogP contribution in [0.2, 0.25) is 5.02 Å². The van der Waals surface area contributed by atoms with E-state index in [1.54, 1.807) is 12.1 Å². The summed E-state index contributed by atoms with van der Waals surface area (Å²) in [6.45, 7) is 5.57. The molecule has 2 N–H and O–H groups in total. The minimum atomic E-state index is -3.93. The molecule has 1 aliphatic heterocycles. The molecule has 2 aromatic carbocycles. The molecular formula is C22H28ClN3O3S. The normalized spacial score (nSPS) is 15.0. The average Bonchev–Trinajstić information content (AvgIpc) is 2.73. The summed E-state index contributed by atoms with van der Waals surface area (Å²) in [5.41, 5.74) is 1.53. The summed E-state index contributed by atoms with van der Waals surface area (Å²) in [7, 11) is -3.93. The number of nitrogens with zero attached hydrogens (tertiary/aromatic N) is 1. The third-order valence-corrected chi connectivity index (χ3v) is 7.10. The van der Waals surface area contributed by atoms with Crippen LogP contribution in [0.15, 0.2) is 47.4 Å². The first-order valence-electron chi connectivity index (χ1n) is 10.3. The Morgan fingerprint density at radius 3 is 2.57 bits per heavy atom. The van der Waals surface area contributed by atoms with Crippen LogP contribution in [0.4, 0.5) is 5.69 Å². The van der Waals surface area contributed by atoms with Crippen LogP contribution in [0.1, 0.15) is 41.6 Å². The minimum Gasteiger partial charge on any atom is -0.352 e. The van der Waals surface area contributed by atoms with E-state index in [1.165, 1.54) is 37.5 Å². The molecule has 0 radical (unpaired) electrons. The van der Waals surface area contributed by atoms with Gasteiger partial charge in [0.1, 0.15) is 4.90 Å². The van der Waals surface area contributed by atoms with Gasteiger partial charge in [-0.25, -0.2) is 8.42 Å². The van der Waals surface area contributed by atoms with Crippen molar-refractivity contribution in [2.75, 3.05) is 30.9 Å². The fraction of sp³-hybridized carbons (Fsp3) is 0.409. The highest BCUT2D eigenvalue weighted by atomic mass is 35.5. The predicted octanol–water partition coefficient (Wildman–Crippen LogP) is 4.06. The van der Waals surface area contributed by atoms with Gasteiger partial charge in [-0.3, -0.25) is 9.52 Å². The van der Waals surface area contributed by atoms with Crippen molar-refractivity contribution in [2.24, 2.45) is 0 Å². The van der Waals surface area contributed by atoms with Crippen LogP contribution in [0, 0.1) is 6.92 Å². The Labute approximate surface area is 183 Å². The average molecular weight is 450 g/mol. The summed E-state index contributed by atoms with van der Waals surface area (Å²) < 4.78 is 28.3. The summed E-state index contributed by atoms with van der Waals surface area (Å²) in [5.74, 6) is -0.308. The van der Waals surface area contributed by atoms with Crippen molar-refractivity contribution < 1.29 is 13.2 Å². The second kappa shape index (κ2) is 10.3. The van der Waals surface area contributed by atoms with Crippen LogP contribution in [-0.4, -0.2) is 45.4 Å². The summed E-state index contributed by atoms with van der Waals surface area (Å²) in [5, 5.41) is 2.94. The molecule has 0 spiro atoms. The highest BCUT2D eigenvalue weighted by Crippen LogP contribution is 2.26. The van der Waals surface area contributed by atoms with Gasteiger partial charge in [0, 0.05) is 12.1 Å². The molecule has 1 saturated heterocycles. The number of para-hydroxylation sites is 1. The van der Waals surface area contributed by atoms with E-state index in [2.05, 4.69) is 14.9 Å². The number of amides is 1. The molecule has 0 aliphatic carbocycles. The van der Waals surface area contributed by atoms with Crippen molar-refractivity contribution in [3.05, 3.63) is 58.6 Å². The highest BCUT2D eigenvalue weighted by molar-refractivity contribution is 7.92. The number of piperidine rings is 1. The molecule has 1 heterocycles. The molecular weight excluding hydrogens is 422 g/mol. The van der Waals surface area contributed by atoms with Crippen molar-refractivity contribution in [3.8, 4) is 0 Å². The lowest BCUT2D eigenvalue weighted by Crippen LogP contribution is -2.33. The molecule has 0 aromatic heterocycles. The topological polar surface area (TPSA) is 78.5 Å². The molecule has 1 aliphatic rings. The van der Waals surface area contributed by atoms with E-state index in [0.29, 0.717) is 12.2 Å². The lowest BCUT2D eigenvalue weighted by molar-refractivity contribution is 0.0951. The van der Waals surface area contributed by atoms with E-state index in [-0.39, 0.29) is 21.4 Å². The highest BCUT2D eigenvalue weighted by Gasteiger charge is 2.21. The van der Waals surface area contributed by atoms with Gasteiger partial charge in [-0.05, 0) is 75.6 Å². The number of rotatable bonds is 8. The molecule has 30 heavy (non-hydrogen) atoms. The van der Waals surface area contributed by atoms with Crippen molar-refractivity contribution in [2.45, 2.75) is 37.5 Å². The minimum absolute atomic E-state index is 0.0673. The Morgan fingerprint density at radius 1 is 1.10 bits per heavy atom. The fourth-order valence-corrected chi connectivity index (χ4v) is 5.18. The molecule has 1 fully saturated rings. The van der Waals surface area contributed by atoms with E-state index in [4.69, 9.17) is 11.6 Å². The number of likely N-dealkylation sites (tertiary alicyclic amines) is 1. The maximum Gasteiger partial charge on any atom is 0.263 e. The fourth-order valence-electron chi connectivity index (χ4n) is 3.53. The zero-order valence-electron chi connectivity index (χ0n) is 17.2. The van der Waals surface area contributed by atoms with E-state index in [9.17, 15) is 13.2 Å². The van der Waals surface area contributed by atoms with Crippen LogP contribution in [0.25, 0.3) is 0 Å². The molecule has 6 nitrogen and oxygen atoms in total. The van der Waals surface area contributed by atoms with E-state index < -0.39 is 10.0 Å². The number of hydrogen-bond acceptors (Lipinski definition) is 4. The molecule has 3 rings (SSSR count). The number of carbonyl (C=O) groups excluding carboxylic acids is 1. The number of nitrogens with one attached hydrogen (secondary N) is 2. The van der Waals surface area contributed by atoms with E-state index >= 15 is 0 Å². The van der Waals surface area contributed by atoms with Gasteiger partial charge in [0.25, 0.3) is 15.9 Å². The number of halogens is 1. The van der Waals surface area contributed by atoms with Gasteiger partial charge >= 0.3 is 0 Å². The monoisotopic (exact) mass is 449 g/mol. The molecule has 0 atom stereocenters. The third-order valence-electron chi connectivity index (χ3n) is 5.26. The third kappa shape index (κ3) is 5.97.